The minimum absolute atomic E-state index is 0.0896. The Kier molecular flexibility index (Phi) is 9.22. The van der Waals surface area contributed by atoms with Crippen LogP contribution in [0.1, 0.15) is 5.56 Å². The van der Waals surface area contributed by atoms with Gasteiger partial charge in [0.05, 0.1) is 6.54 Å². The normalized spacial score (nSPS) is 16.5. The molecule has 1 aliphatic heterocycles. The molecule has 0 aliphatic carbocycles. The second-order valence-corrected chi connectivity index (χ2v) is 5.61. The lowest BCUT2D eigenvalue weighted by Crippen LogP contribution is -2.47. The number of carboxylic acid groups (broad SMARTS) is 1. The first-order valence-electron chi connectivity index (χ1n) is 7.93. The number of aliphatic carboxylic acids is 1. The van der Waals surface area contributed by atoms with Crippen LogP contribution in [0.25, 0.3) is 6.08 Å². The van der Waals surface area contributed by atoms with Crippen molar-refractivity contribution in [2.45, 2.75) is 12.6 Å². The molecule has 0 bridgehead atoms. The monoisotopic (exact) mass is 380 g/mol. The van der Waals surface area contributed by atoms with E-state index in [0.29, 0.717) is 0 Å². The van der Waals surface area contributed by atoms with Crippen LogP contribution >= 0.6 is 0 Å². The van der Waals surface area contributed by atoms with Crippen molar-refractivity contribution in [3.05, 3.63) is 42.0 Å². The van der Waals surface area contributed by atoms with Gasteiger partial charge in [0, 0.05) is 32.7 Å². The van der Waals surface area contributed by atoms with E-state index in [1.165, 1.54) is 5.56 Å². The van der Waals surface area contributed by atoms with Crippen molar-refractivity contribution in [1.29, 1.82) is 0 Å². The zero-order valence-corrected chi connectivity index (χ0v) is 14.0. The molecule has 4 nitrogen and oxygen atoms in total. The minimum atomic E-state index is -5.08. The lowest BCUT2D eigenvalue weighted by molar-refractivity contribution is -0.192. The maximum absolute atomic E-state index is 12.2. The molecule has 0 spiro atoms. The summed E-state index contributed by atoms with van der Waals surface area (Å²) >= 11 is 0. The molecule has 9 heteroatoms. The molecule has 1 N–H and O–H groups in total. The first kappa shape index (κ1) is 22.0. The number of benzene rings is 1. The second-order valence-electron chi connectivity index (χ2n) is 5.61. The van der Waals surface area contributed by atoms with E-state index < -0.39 is 18.6 Å². The van der Waals surface area contributed by atoms with Gasteiger partial charge in [-0.2, -0.15) is 13.2 Å². The van der Waals surface area contributed by atoms with Crippen molar-refractivity contribution in [1.82, 2.24) is 9.80 Å². The first-order valence-corrected chi connectivity index (χ1v) is 7.93. The molecule has 26 heavy (non-hydrogen) atoms. The van der Waals surface area contributed by atoms with E-state index in [9.17, 15) is 22.0 Å². The van der Waals surface area contributed by atoms with Gasteiger partial charge in [0.15, 0.2) is 0 Å². The predicted molar refractivity (Wildman–Crippen MR) is 88.1 cm³/mol. The molecule has 1 fully saturated rings. The Labute approximate surface area is 148 Å². The molecule has 0 saturated carbocycles. The summed E-state index contributed by atoms with van der Waals surface area (Å²) in [5, 5.41) is 7.12. The zero-order valence-electron chi connectivity index (χ0n) is 14.0. The number of carbonyl (C=O) groups is 1. The third-order valence-electron chi connectivity index (χ3n) is 3.58. The fourth-order valence-electron chi connectivity index (χ4n) is 2.25. The highest BCUT2D eigenvalue weighted by Crippen LogP contribution is 2.13. The molecular formula is C17H21F5N2O2. The number of nitrogens with zero attached hydrogens (tertiary/aromatic N) is 2. The van der Waals surface area contributed by atoms with Crippen molar-refractivity contribution in [2.24, 2.45) is 0 Å². The van der Waals surface area contributed by atoms with Gasteiger partial charge in [-0.05, 0) is 5.56 Å². The average molecular weight is 380 g/mol. The van der Waals surface area contributed by atoms with E-state index in [1.54, 1.807) is 0 Å². The summed E-state index contributed by atoms with van der Waals surface area (Å²) in [4.78, 5) is 13.0. The Morgan fingerprint density at radius 3 is 2.04 bits per heavy atom. The van der Waals surface area contributed by atoms with Crippen LogP contribution in [-0.4, -0.2) is 72.7 Å². The molecule has 0 aromatic heterocycles. The molecule has 1 saturated heterocycles. The molecule has 0 unspecified atom stereocenters. The van der Waals surface area contributed by atoms with E-state index in [4.69, 9.17) is 9.90 Å². The molecule has 1 aromatic carbocycles. The highest BCUT2D eigenvalue weighted by molar-refractivity contribution is 5.73. The van der Waals surface area contributed by atoms with Crippen molar-refractivity contribution in [2.75, 3.05) is 39.3 Å². The summed E-state index contributed by atoms with van der Waals surface area (Å²) < 4.78 is 56.2. The topological polar surface area (TPSA) is 43.8 Å². The highest BCUT2D eigenvalue weighted by atomic mass is 19.4. The maximum atomic E-state index is 12.2. The predicted octanol–water partition coefficient (Wildman–Crippen LogP) is 3.22. The van der Waals surface area contributed by atoms with Crippen molar-refractivity contribution >= 4 is 12.0 Å². The van der Waals surface area contributed by atoms with Gasteiger partial charge in [-0.1, -0.05) is 42.5 Å². The number of halogens is 5. The van der Waals surface area contributed by atoms with Gasteiger partial charge in [-0.15, -0.1) is 0 Å². The fourth-order valence-corrected chi connectivity index (χ4v) is 2.25. The number of piperazine rings is 1. The van der Waals surface area contributed by atoms with E-state index in [1.807, 2.05) is 23.1 Å². The molecule has 0 amide bonds. The van der Waals surface area contributed by atoms with Gasteiger partial charge in [0.1, 0.15) is 0 Å². The van der Waals surface area contributed by atoms with Crippen LogP contribution in [0.2, 0.25) is 0 Å². The summed E-state index contributed by atoms with van der Waals surface area (Å²) in [5.74, 6) is -2.76. The summed E-state index contributed by atoms with van der Waals surface area (Å²) in [5.41, 5.74) is 1.19. The van der Waals surface area contributed by atoms with Gasteiger partial charge in [0.25, 0.3) is 6.43 Å². The zero-order chi connectivity index (χ0) is 19.6. The van der Waals surface area contributed by atoms with Crippen LogP contribution in [0, 0.1) is 0 Å². The van der Waals surface area contributed by atoms with E-state index >= 15 is 0 Å². The smallest absolute Gasteiger partial charge is 0.475 e. The third-order valence-corrected chi connectivity index (χ3v) is 3.58. The van der Waals surface area contributed by atoms with E-state index in [2.05, 4.69) is 29.2 Å². The average Bonchev–Trinajstić information content (AvgIpc) is 2.57. The number of hydrogen-bond donors (Lipinski definition) is 1. The lowest BCUT2D eigenvalue weighted by Gasteiger charge is -2.33. The number of alkyl halides is 5. The minimum Gasteiger partial charge on any atom is -0.475 e. The Bertz CT molecular complexity index is 556. The Hall–Kier alpha value is -2.00. The van der Waals surface area contributed by atoms with Crippen LogP contribution < -0.4 is 0 Å². The summed E-state index contributed by atoms with van der Waals surface area (Å²) in [6.07, 6.45) is -3.06. The summed E-state index contributed by atoms with van der Waals surface area (Å²) in [6, 6.07) is 10.2. The van der Waals surface area contributed by atoms with Crippen LogP contribution in [0.4, 0.5) is 22.0 Å². The molecule has 1 aliphatic rings. The molecule has 0 atom stereocenters. The quantitative estimate of drug-likeness (QED) is 0.797. The Balaban J connectivity index is 0.000000412. The van der Waals surface area contributed by atoms with Crippen LogP contribution in [0.5, 0.6) is 0 Å². The molecule has 2 rings (SSSR count). The van der Waals surface area contributed by atoms with Gasteiger partial charge < -0.3 is 5.11 Å². The Morgan fingerprint density at radius 2 is 1.58 bits per heavy atom. The van der Waals surface area contributed by atoms with Gasteiger partial charge in [-0.3, -0.25) is 9.80 Å². The summed E-state index contributed by atoms with van der Waals surface area (Å²) in [7, 11) is 0. The number of hydrogen-bond acceptors (Lipinski definition) is 3. The summed E-state index contributed by atoms with van der Waals surface area (Å²) in [6.45, 7) is 4.01. The largest absolute Gasteiger partial charge is 0.490 e. The highest BCUT2D eigenvalue weighted by Gasteiger charge is 2.38. The fraction of sp³-hybridized carbons (Fsp3) is 0.471. The maximum Gasteiger partial charge on any atom is 0.490 e. The Morgan fingerprint density at radius 1 is 1.08 bits per heavy atom. The van der Waals surface area contributed by atoms with Crippen molar-refractivity contribution in [3.63, 3.8) is 0 Å². The molecule has 146 valence electrons. The van der Waals surface area contributed by atoms with Crippen molar-refractivity contribution in [3.8, 4) is 0 Å². The SMILES string of the molecule is FC(F)CN1CCN(CC=Cc2ccccc2)CC1.O=C(O)C(F)(F)F. The van der Waals surface area contributed by atoms with Crippen LogP contribution in [0.3, 0.4) is 0 Å². The first-order chi connectivity index (χ1) is 12.2. The van der Waals surface area contributed by atoms with E-state index in [-0.39, 0.29) is 6.54 Å². The standard InChI is InChI=1S/C15H20F2N2.C2HF3O2/c16-15(17)13-19-11-9-18(10-12-19)8-4-7-14-5-2-1-3-6-14;3-2(4,5)1(6)7/h1-7,15H,8-13H2;(H,6,7). The van der Waals surface area contributed by atoms with Crippen LogP contribution in [0.15, 0.2) is 36.4 Å². The van der Waals surface area contributed by atoms with Gasteiger partial charge >= 0.3 is 12.1 Å². The molecule has 1 heterocycles. The lowest BCUT2D eigenvalue weighted by atomic mass is 10.2. The van der Waals surface area contributed by atoms with Crippen LogP contribution in [-0.2, 0) is 4.79 Å². The second kappa shape index (κ2) is 10.9. The van der Waals surface area contributed by atoms with Gasteiger partial charge in [0.2, 0.25) is 0 Å². The molecule has 1 aromatic rings. The third kappa shape index (κ3) is 9.47. The number of rotatable bonds is 5. The molecule has 0 radical (unpaired) electrons. The van der Waals surface area contributed by atoms with Gasteiger partial charge in [-0.25, -0.2) is 13.6 Å². The van der Waals surface area contributed by atoms with Crippen molar-refractivity contribution < 1.29 is 31.9 Å². The number of carboxylic acids is 1. The molecular weight excluding hydrogens is 359 g/mol. The van der Waals surface area contributed by atoms with E-state index in [0.717, 1.165) is 32.7 Å².